The second-order valence-electron chi connectivity index (χ2n) is 6.11. The number of hydrogen-bond acceptors (Lipinski definition) is 3. The lowest BCUT2D eigenvalue weighted by Crippen LogP contribution is -2.49. The van der Waals surface area contributed by atoms with E-state index in [0.29, 0.717) is 12.6 Å². The standard InChI is InChI=1S/C13H25N3O2/c1-7-14-11(18)16-9(17)8(2)15-10-12(3,4)13(10,5)6/h8,10,15H,7H2,1-6H3,(H2,14,16,17,18). The highest BCUT2D eigenvalue weighted by Gasteiger charge is 2.65. The Labute approximate surface area is 109 Å². The number of carbonyl (C=O) groups excluding carboxylic acids is 2. The number of imide groups is 1. The SMILES string of the molecule is CCNC(=O)NC(=O)C(C)NC1C(C)(C)C1(C)C. The molecule has 5 heteroatoms. The molecule has 104 valence electrons. The van der Waals surface area contributed by atoms with Gasteiger partial charge in [-0.05, 0) is 24.7 Å². The van der Waals surface area contributed by atoms with E-state index in [-0.39, 0.29) is 22.8 Å². The van der Waals surface area contributed by atoms with Crippen molar-refractivity contribution in [2.24, 2.45) is 10.8 Å². The number of urea groups is 1. The molecule has 0 heterocycles. The van der Waals surface area contributed by atoms with E-state index in [4.69, 9.17) is 0 Å². The van der Waals surface area contributed by atoms with E-state index in [9.17, 15) is 9.59 Å². The minimum absolute atomic E-state index is 0.174. The third-order valence-electron chi connectivity index (χ3n) is 4.40. The lowest BCUT2D eigenvalue weighted by molar-refractivity contribution is -0.121. The number of nitrogens with one attached hydrogen (secondary N) is 3. The molecule has 1 fully saturated rings. The Balaban J connectivity index is 2.45. The van der Waals surface area contributed by atoms with Crippen molar-refractivity contribution in [3.05, 3.63) is 0 Å². The zero-order valence-electron chi connectivity index (χ0n) is 12.2. The molecular weight excluding hydrogens is 230 g/mol. The summed E-state index contributed by atoms with van der Waals surface area (Å²) in [4.78, 5) is 23.0. The molecule has 1 atom stereocenters. The Morgan fingerprint density at radius 2 is 1.67 bits per heavy atom. The van der Waals surface area contributed by atoms with E-state index in [1.165, 1.54) is 0 Å². The summed E-state index contributed by atoms with van der Waals surface area (Å²) < 4.78 is 0. The van der Waals surface area contributed by atoms with Gasteiger partial charge in [0.1, 0.15) is 0 Å². The van der Waals surface area contributed by atoms with Crippen molar-refractivity contribution in [3.63, 3.8) is 0 Å². The summed E-state index contributed by atoms with van der Waals surface area (Å²) in [5.74, 6) is -0.292. The first-order valence-electron chi connectivity index (χ1n) is 6.49. The van der Waals surface area contributed by atoms with Crippen LogP contribution in [0.4, 0.5) is 4.79 Å². The fourth-order valence-corrected chi connectivity index (χ4v) is 2.36. The average Bonchev–Trinajstić information content (AvgIpc) is 2.60. The maximum Gasteiger partial charge on any atom is 0.321 e. The Morgan fingerprint density at radius 3 is 2.06 bits per heavy atom. The van der Waals surface area contributed by atoms with Gasteiger partial charge in [0.25, 0.3) is 0 Å². The highest BCUT2D eigenvalue weighted by molar-refractivity contribution is 5.96. The quantitative estimate of drug-likeness (QED) is 0.708. The molecule has 0 radical (unpaired) electrons. The molecule has 1 rings (SSSR count). The van der Waals surface area contributed by atoms with Gasteiger partial charge in [-0.25, -0.2) is 4.79 Å². The largest absolute Gasteiger partial charge is 0.338 e. The van der Waals surface area contributed by atoms with Gasteiger partial charge in [-0.1, -0.05) is 27.7 Å². The van der Waals surface area contributed by atoms with Crippen LogP contribution in [0.1, 0.15) is 41.5 Å². The molecule has 1 unspecified atom stereocenters. The fourth-order valence-electron chi connectivity index (χ4n) is 2.36. The van der Waals surface area contributed by atoms with Crippen LogP contribution in [0.15, 0.2) is 0 Å². The van der Waals surface area contributed by atoms with Crippen molar-refractivity contribution < 1.29 is 9.59 Å². The van der Waals surface area contributed by atoms with Crippen LogP contribution in [-0.4, -0.2) is 30.6 Å². The number of hydrogen-bond donors (Lipinski definition) is 3. The monoisotopic (exact) mass is 255 g/mol. The molecule has 0 aromatic carbocycles. The Bertz CT molecular complexity index is 336. The maximum absolute atomic E-state index is 11.8. The Kier molecular flexibility index (Phi) is 4.05. The van der Waals surface area contributed by atoms with Crippen LogP contribution in [0.2, 0.25) is 0 Å². The van der Waals surface area contributed by atoms with Crippen LogP contribution < -0.4 is 16.0 Å². The van der Waals surface area contributed by atoms with Gasteiger partial charge in [-0.3, -0.25) is 10.1 Å². The molecule has 18 heavy (non-hydrogen) atoms. The predicted molar refractivity (Wildman–Crippen MR) is 71.2 cm³/mol. The number of amides is 3. The molecule has 0 aromatic heterocycles. The van der Waals surface area contributed by atoms with E-state index in [0.717, 1.165) is 0 Å². The van der Waals surface area contributed by atoms with Gasteiger partial charge in [0.2, 0.25) is 5.91 Å². The normalized spacial score (nSPS) is 22.1. The van der Waals surface area contributed by atoms with Gasteiger partial charge in [-0.15, -0.1) is 0 Å². The summed E-state index contributed by atoms with van der Waals surface area (Å²) in [7, 11) is 0. The first-order valence-corrected chi connectivity index (χ1v) is 6.49. The lowest BCUT2D eigenvalue weighted by Gasteiger charge is -2.15. The van der Waals surface area contributed by atoms with Crippen molar-refractivity contribution in [1.82, 2.24) is 16.0 Å². The molecule has 1 saturated carbocycles. The van der Waals surface area contributed by atoms with E-state index < -0.39 is 6.03 Å². The third kappa shape index (κ3) is 2.66. The van der Waals surface area contributed by atoms with Crippen molar-refractivity contribution in [3.8, 4) is 0 Å². The van der Waals surface area contributed by atoms with Crippen LogP contribution in [0.25, 0.3) is 0 Å². The van der Waals surface area contributed by atoms with Crippen LogP contribution in [0, 0.1) is 10.8 Å². The fraction of sp³-hybridized carbons (Fsp3) is 0.846. The second-order valence-corrected chi connectivity index (χ2v) is 6.11. The van der Waals surface area contributed by atoms with E-state index in [1.54, 1.807) is 13.8 Å². The minimum Gasteiger partial charge on any atom is -0.338 e. The number of rotatable bonds is 4. The van der Waals surface area contributed by atoms with Crippen LogP contribution in [0.5, 0.6) is 0 Å². The zero-order valence-corrected chi connectivity index (χ0v) is 12.2. The van der Waals surface area contributed by atoms with Crippen molar-refractivity contribution in [1.29, 1.82) is 0 Å². The van der Waals surface area contributed by atoms with E-state index >= 15 is 0 Å². The highest BCUT2D eigenvalue weighted by Crippen LogP contribution is 2.62. The molecule has 3 amide bonds. The summed E-state index contributed by atoms with van der Waals surface area (Å²) in [6, 6.07) is -0.524. The van der Waals surface area contributed by atoms with Gasteiger partial charge in [0, 0.05) is 12.6 Å². The molecule has 3 N–H and O–H groups in total. The van der Waals surface area contributed by atoms with Crippen molar-refractivity contribution in [2.75, 3.05) is 6.54 Å². The van der Waals surface area contributed by atoms with E-state index in [1.807, 2.05) is 0 Å². The molecule has 1 aliphatic carbocycles. The summed E-state index contributed by atoms with van der Waals surface area (Å²) in [6.07, 6.45) is 0. The lowest BCUT2D eigenvalue weighted by atomic mass is 10.0. The molecule has 0 saturated heterocycles. The predicted octanol–water partition coefficient (Wildman–Crippen LogP) is 1.24. The maximum atomic E-state index is 11.8. The smallest absolute Gasteiger partial charge is 0.321 e. The van der Waals surface area contributed by atoms with Crippen LogP contribution in [-0.2, 0) is 4.79 Å². The summed E-state index contributed by atoms with van der Waals surface area (Å²) in [5, 5.41) is 8.14. The van der Waals surface area contributed by atoms with Gasteiger partial charge >= 0.3 is 6.03 Å². The topological polar surface area (TPSA) is 70.2 Å². The first-order chi connectivity index (χ1) is 8.14. The molecule has 0 spiro atoms. The van der Waals surface area contributed by atoms with Gasteiger partial charge in [0.05, 0.1) is 6.04 Å². The highest BCUT2D eigenvalue weighted by atomic mass is 16.2. The van der Waals surface area contributed by atoms with Crippen molar-refractivity contribution in [2.45, 2.75) is 53.6 Å². The van der Waals surface area contributed by atoms with Crippen molar-refractivity contribution >= 4 is 11.9 Å². The Morgan fingerprint density at radius 1 is 1.17 bits per heavy atom. The Hall–Kier alpha value is -1.10. The molecule has 0 bridgehead atoms. The summed E-state index contributed by atoms with van der Waals surface area (Å²) in [5.41, 5.74) is 0.348. The summed E-state index contributed by atoms with van der Waals surface area (Å²) >= 11 is 0. The molecule has 0 aromatic rings. The molecule has 1 aliphatic rings. The molecule has 5 nitrogen and oxygen atoms in total. The zero-order chi connectivity index (χ0) is 14.1. The van der Waals surface area contributed by atoms with Gasteiger partial charge < -0.3 is 10.6 Å². The average molecular weight is 255 g/mol. The van der Waals surface area contributed by atoms with Gasteiger partial charge in [-0.2, -0.15) is 0 Å². The van der Waals surface area contributed by atoms with Crippen LogP contribution in [0.3, 0.4) is 0 Å². The van der Waals surface area contributed by atoms with Gasteiger partial charge in [0.15, 0.2) is 0 Å². The molecular formula is C13H25N3O2. The van der Waals surface area contributed by atoms with Crippen LogP contribution >= 0.6 is 0 Å². The molecule has 0 aliphatic heterocycles. The second kappa shape index (κ2) is 4.88. The minimum atomic E-state index is -0.439. The first kappa shape index (κ1) is 15.0. The third-order valence-corrected chi connectivity index (χ3v) is 4.40. The summed E-state index contributed by atoms with van der Waals surface area (Å²) in [6.45, 7) is 12.8. The van der Waals surface area contributed by atoms with E-state index in [2.05, 4.69) is 43.6 Å². The number of carbonyl (C=O) groups is 2.